The molecule has 0 N–H and O–H groups in total. The fraction of sp³-hybridized carbons (Fsp3) is 0.162. The van der Waals surface area contributed by atoms with Crippen molar-refractivity contribution in [2.24, 2.45) is 4.99 Å². The summed E-state index contributed by atoms with van der Waals surface area (Å²) in [6.07, 6.45) is 1.81. The average molecular weight is 838 g/mol. The molecule has 0 unspecified atom stereocenters. The lowest BCUT2D eigenvalue weighted by Crippen LogP contribution is -2.40. The number of halogens is 2. The van der Waals surface area contributed by atoms with Crippen molar-refractivity contribution >= 4 is 67.6 Å². The number of hydrogen-bond acceptors (Lipinski definition) is 8. The van der Waals surface area contributed by atoms with Gasteiger partial charge in [-0.25, -0.2) is 9.79 Å². The molecule has 2 heterocycles. The molecular weight excluding hydrogens is 807 g/mol. The number of benzene rings is 4. The fourth-order valence-corrected chi connectivity index (χ4v) is 7.44. The van der Waals surface area contributed by atoms with E-state index in [0.717, 1.165) is 30.3 Å². The predicted molar refractivity (Wildman–Crippen MR) is 198 cm³/mol. The molecule has 1 aliphatic heterocycles. The van der Waals surface area contributed by atoms with Crippen LogP contribution in [0.15, 0.2) is 111 Å². The third kappa shape index (κ3) is 6.99. The van der Waals surface area contributed by atoms with Crippen LogP contribution in [0.5, 0.6) is 17.2 Å². The Morgan fingerprint density at radius 3 is 2.40 bits per heavy atom. The summed E-state index contributed by atoms with van der Waals surface area (Å²) in [4.78, 5) is 33.4. The van der Waals surface area contributed by atoms with Crippen LogP contribution in [0.2, 0.25) is 0 Å². The molecule has 5 aromatic rings. The van der Waals surface area contributed by atoms with Crippen molar-refractivity contribution in [3.63, 3.8) is 0 Å². The number of fused-ring (bicyclic) bond motifs is 1. The number of ether oxygens (including phenoxy) is 4. The lowest BCUT2D eigenvalue weighted by Gasteiger charge is -2.26. The molecule has 11 heteroatoms. The Bertz CT molecular complexity index is 2180. The van der Waals surface area contributed by atoms with Gasteiger partial charge in [0.1, 0.15) is 12.4 Å². The second kappa shape index (κ2) is 14.9. The second-order valence-electron chi connectivity index (χ2n) is 10.7. The van der Waals surface area contributed by atoms with Gasteiger partial charge in [-0.15, -0.1) is 0 Å². The molecule has 0 fully saturated rings. The van der Waals surface area contributed by atoms with Crippen molar-refractivity contribution in [2.75, 3.05) is 20.8 Å². The number of carbonyl (C=O) groups excluding carboxylic acids is 1. The Morgan fingerprint density at radius 2 is 1.73 bits per heavy atom. The molecule has 0 saturated heterocycles. The van der Waals surface area contributed by atoms with E-state index in [9.17, 15) is 9.59 Å². The smallest absolute Gasteiger partial charge is 0.338 e. The SMILES string of the molecule is CCOC(=O)C1=C(c2ccccc2)N=c2s/c(=C\c3cc(I)c(OCc4ccc(Br)cc4)c(OC)c3)c(=O)n2[C@@H]1c1ccc(OC)cc1. The van der Waals surface area contributed by atoms with Crippen molar-refractivity contribution in [3.05, 3.63) is 147 Å². The zero-order chi connectivity index (χ0) is 33.8. The van der Waals surface area contributed by atoms with Gasteiger partial charge in [0.2, 0.25) is 0 Å². The Kier molecular flexibility index (Phi) is 10.5. The van der Waals surface area contributed by atoms with Gasteiger partial charge in [0, 0.05) is 10.0 Å². The number of aromatic nitrogens is 1. The van der Waals surface area contributed by atoms with Crippen LogP contribution in [0.1, 0.15) is 35.2 Å². The summed E-state index contributed by atoms with van der Waals surface area (Å²) in [5.41, 5.74) is 3.71. The van der Waals surface area contributed by atoms with E-state index >= 15 is 0 Å². The van der Waals surface area contributed by atoms with E-state index in [0.29, 0.717) is 38.9 Å². The molecule has 1 aromatic heterocycles. The highest BCUT2D eigenvalue weighted by Gasteiger charge is 2.35. The van der Waals surface area contributed by atoms with Crippen LogP contribution in [-0.4, -0.2) is 31.4 Å². The Morgan fingerprint density at radius 1 is 1.00 bits per heavy atom. The van der Waals surface area contributed by atoms with Crippen LogP contribution < -0.4 is 29.1 Å². The molecule has 0 aliphatic carbocycles. The molecule has 244 valence electrons. The zero-order valence-corrected chi connectivity index (χ0v) is 30.8. The molecule has 0 saturated carbocycles. The average Bonchev–Trinajstić information content (AvgIpc) is 3.41. The van der Waals surface area contributed by atoms with Gasteiger partial charge in [0.05, 0.1) is 46.2 Å². The summed E-state index contributed by atoms with van der Waals surface area (Å²) in [7, 11) is 3.18. The largest absolute Gasteiger partial charge is 0.497 e. The van der Waals surface area contributed by atoms with Crippen LogP contribution in [-0.2, 0) is 16.1 Å². The summed E-state index contributed by atoms with van der Waals surface area (Å²) in [6.45, 7) is 2.30. The molecule has 8 nitrogen and oxygen atoms in total. The van der Waals surface area contributed by atoms with E-state index in [-0.39, 0.29) is 17.7 Å². The zero-order valence-electron chi connectivity index (χ0n) is 26.2. The molecule has 0 radical (unpaired) electrons. The standard InChI is InChI=1S/C37H30BrIN2O6S/c1-4-46-36(43)31-32(24-8-6-5-7-9-24)40-37-41(33(31)25-12-16-27(44-2)17-13-25)35(42)30(48-37)20-23-18-28(39)34(29(19-23)45-3)47-21-22-10-14-26(38)15-11-22/h5-20,33H,4,21H2,1-3H3/b30-20-/t33-/m1/s1. The molecule has 1 aliphatic rings. The Hall–Kier alpha value is -4.20. The number of thiazole rings is 1. The Labute approximate surface area is 303 Å². The second-order valence-corrected chi connectivity index (χ2v) is 13.7. The monoisotopic (exact) mass is 836 g/mol. The predicted octanol–water partition coefficient (Wildman–Crippen LogP) is 6.90. The quantitative estimate of drug-likeness (QED) is 0.113. The minimum absolute atomic E-state index is 0.174. The highest BCUT2D eigenvalue weighted by Crippen LogP contribution is 2.37. The van der Waals surface area contributed by atoms with E-state index in [1.165, 1.54) is 11.3 Å². The van der Waals surface area contributed by atoms with Gasteiger partial charge >= 0.3 is 5.97 Å². The number of hydrogen-bond donors (Lipinski definition) is 0. The van der Waals surface area contributed by atoms with Crippen molar-refractivity contribution in [2.45, 2.75) is 19.6 Å². The van der Waals surface area contributed by atoms with Crippen LogP contribution in [0.25, 0.3) is 11.8 Å². The molecule has 1 atom stereocenters. The Balaban J connectivity index is 1.49. The van der Waals surface area contributed by atoms with E-state index < -0.39 is 12.0 Å². The van der Waals surface area contributed by atoms with E-state index in [4.69, 9.17) is 23.9 Å². The maximum atomic E-state index is 14.3. The maximum absolute atomic E-state index is 14.3. The highest BCUT2D eigenvalue weighted by atomic mass is 127. The van der Waals surface area contributed by atoms with Gasteiger partial charge < -0.3 is 18.9 Å². The number of esters is 1. The third-order valence-electron chi connectivity index (χ3n) is 7.65. The molecule has 0 spiro atoms. The normalized spacial score (nSPS) is 14.3. The molecule has 0 amide bonds. The van der Waals surface area contributed by atoms with Crippen molar-refractivity contribution < 1.29 is 23.7 Å². The highest BCUT2D eigenvalue weighted by molar-refractivity contribution is 14.1. The minimum Gasteiger partial charge on any atom is -0.497 e. The number of nitrogens with zero attached hydrogens (tertiary/aromatic N) is 2. The van der Waals surface area contributed by atoms with Crippen LogP contribution >= 0.6 is 49.9 Å². The van der Waals surface area contributed by atoms with Crippen molar-refractivity contribution in [1.29, 1.82) is 0 Å². The number of methoxy groups -OCH3 is 2. The van der Waals surface area contributed by atoms with Gasteiger partial charge in [0.25, 0.3) is 5.56 Å². The van der Waals surface area contributed by atoms with E-state index in [1.54, 1.807) is 25.7 Å². The topological polar surface area (TPSA) is 88.4 Å². The summed E-state index contributed by atoms with van der Waals surface area (Å²) in [5, 5.41) is 0. The van der Waals surface area contributed by atoms with Gasteiger partial charge in [-0.3, -0.25) is 9.36 Å². The van der Waals surface area contributed by atoms with Crippen LogP contribution in [0.4, 0.5) is 0 Å². The summed E-state index contributed by atoms with van der Waals surface area (Å²) >= 11 is 6.94. The van der Waals surface area contributed by atoms with Gasteiger partial charge in [-0.2, -0.15) is 0 Å². The number of carbonyl (C=O) groups is 1. The van der Waals surface area contributed by atoms with Gasteiger partial charge in [-0.05, 0) is 88.7 Å². The first-order valence-corrected chi connectivity index (χ1v) is 17.7. The van der Waals surface area contributed by atoms with Gasteiger partial charge in [-0.1, -0.05) is 81.9 Å². The molecule has 48 heavy (non-hydrogen) atoms. The lowest BCUT2D eigenvalue weighted by molar-refractivity contribution is -0.138. The van der Waals surface area contributed by atoms with Crippen molar-refractivity contribution in [3.8, 4) is 17.2 Å². The molecule has 4 aromatic carbocycles. The van der Waals surface area contributed by atoms with Crippen LogP contribution in [0.3, 0.4) is 0 Å². The van der Waals surface area contributed by atoms with E-state index in [2.05, 4.69) is 38.5 Å². The first kappa shape index (κ1) is 33.7. The molecule has 6 rings (SSSR count). The maximum Gasteiger partial charge on any atom is 0.338 e. The first-order valence-electron chi connectivity index (χ1n) is 15.0. The van der Waals surface area contributed by atoms with Gasteiger partial charge in [0.15, 0.2) is 16.3 Å². The summed E-state index contributed by atoms with van der Waals surface area (Å²) < 4.78 is 26.7. The minimum atomic E-state index is -0.785. The molecule has 0 bridgehead atoms. The number of rotatable bonds is 10. The fourth-order valence-electron chi connectivity index (χ4n) is 5.39. The first-order chi connectivity index (χ1) is 23.3. The van der Waals surface area contributed by atoms with Crippen LogP contribution in [0, 0.1) is 3.57 Å². The summed E-state index contributed by atoms with van der Waals surface area (Å²) in [5.74, 6) is 1.29. The van der Waals surface area contributed by atoms with Crippen molar-refractivity contribution in [1.82, 2.24) is 4.57 Å². The summed E-state index contributed by atoms with van der Waals surface area (Å²) in [6, 6.07) is 27.7. The third-order valence-corrected chi connectivity index (χ3v) is 9.96. The molecular formula is C37H30BrIN2O6S. The van der Waals surface area contributed by atoms with E-state index in [1.807, 2.05) is 97.1 Å². The lowest BCUT2D eigenvalue weighted by atomic mass is 9.93.